The van der Waals surface area contributed by atoms with Crippen molar-refractivity contribution < 1.29 is 4.79 Å². The van der Waals surface area contributed by atoms with Crippen LogP contribution in [0.3, 0.4) is 0 Å². The van der Waals surface area contributed by atoms with Crippen molar-refractivity contribution in [1.29, 1.82) is 0 Å². The predicted octanol–water partition coefficient (Wildman–Crippen LogP) is 4.05. The van der Waals surface area contributed by atoms with Gasteiger partial charge in [0.05, 0.1) is 0 Å². The Morgan fingerprint density at radius 3 is 2.68 bits per heavy atom. The summed E-state index contributed by atoms with van der Waals surface area (Å²) in [6.07, 6.45) is 0. The molecule has 0 unspecified atom stereocenters. The number of amides is 1. The number of benzene rings is 2. The van der Waals surface area contributed by atoms with Crippen LogP contribution in [0.25, 0.3) is 15.5 Å². The zero-order valence-electron chi connectivity index (χ0n) is 14.5. The van der Waals surface area contributed by atoms with Gasteiger partial charge >= 0.3 is 0 Å². The average molecular weight is 473 g/mol. The number of hydrogen-bond acceptors (Lipinski definition) is 6. The van der Waals surface area contributed by atoms with Crippen LogP contribution in [-0.2, 0) is 0 Å². The van der Waals surface area contributed by atoms with Crippen molar-refractivity contribution in [3.05, 3.63) is 64.4 Å². The number of thiocarbonyl (C=S) groups is 1. The second-order valence-electron chi connectivity index (χ2n) is 5.84. The molecule has 0 aliphatic carbocycles. The van der Waals surface area contributed by atoms with E-state index in [1.54, 1.807) is 22.7 Å². The molecule has 7 nitrogen and oxygen atoms in total. The van der Waals surface area contributed by atoms with Crippen LogP contribution in [0.1, 0.15) is 16.2 Å². The summed E-state index contributed by atoms with van der Waals surface area (Å²) in [6.45, 7) is 1.86. The van der Waals surface area contributed by atoms with Crippen molar-refractivity contribution in [2.45, 2.75) is 6.92 Å². The number of halogens is 1. The van der Waals surface area contributed by atoms with E-state index in [0.29, 0.717) is 5.56 Å². The summed E-state index contributed by atoms with van der Waals surface area (Å²) >= 11 is 10.1. The molecule has 2 N–H and O–H groups in total. The lowest BCUT2D eigenvalue weighted by molar-refractivity contribution is 0.0977. The number of aromatic nitrogens is 4. The van der Waals surface area contributed by atoms with E-state index in [4.69, 9.17) is 12.2 Å². The Kier molecular flexibility index (Phi) is 5.16. The highest BCUT2D eigenvalue weighted by Crippen LogP contribution is 2.26. The second-order valence-corrected chi connectivity index (χ2v) is 8.12. The van der Waals surface area contributed by atoms with E-state index in [1.807, 2.05) is 37.3 Å². The summed E-state index contributed by atoms with van der Waals surface area (Å²) in [5.74, 6) is 0.479. The molecule has 28 heavy (non-hydrogen) atoms. The lowest BCUT2D eigenvalue weighted by Gasteiger charge is -2.10. The fraction of sp³-hybridized carbons (Fsp3) is 0.0556. The quantitative estimate of drug-likeness (QED) is 0.437. The smallest absolute Gasteiger partial charge is 0.257 e. The first-order valence-corrected chi connectivity index (χ1v) is 10.2. The van der Waals surface area contributed by atoms with E-state index >= 15 is 0 Å². The topological polar surface area (TPSA) is 84.2 Å². The van der Waals surface area contributed by atoms with Crippen molar-refractivity contribution in [3.8, 4) is 10.6 Å². The van der Waals surface area contributed by atoms with Crippen LogP contribution >= 0.6 is 39.5 Å². The third-order valence-electron chi connectivity index (χ3n) is 3.85. The average Bonchev–Trinajstić information content (AvgIpc) is 3.24. The van der Waals surface area contributed by atoms with E-state index in [9.17, 15) is 4.79 Å². The molecule has 2 heterocycles. The summed E-state index contributed by atoms with van der Waals surface area (Å²) in [5.41, 5.74) is 2.25. The maximum Gasteiger partial charge on any atom is 0.257 e. The number of carbonyl (C=O) groups is 1. The maximum atomic E-state index is 12.2. The lowest BCUT2D eigenvalue weighted by Crippen LogP contribution is -2.34. The van der Waals surface area contributed by atoms with Gasteiger partial charge < -0.3 is 5.32 Å². The maximum absolute atomic E-state index is 12.2. The summed E-state index contributed by atoms with van der Waals surface area (Å²) in [4.78, 5) is 13.0. The van der Waals surface area contributed by atoms with Crippen molar-refractivity contribution in [1.82, 2.24) is 25.1 Å². The molecule has 0 bridgehead atoms. The Morgan fingerprint density at radius 2 is 1.96 bits per heavy atom. The van der Waals surface area contributed by atoms with Gasteiger partial charge in [0, 0.05) is 21.3 Å². The monoisotopic (exact) mass is 472 g/mol. The molecule has 10 heteroatoms. The largest absolute Gasteiger partial charge is 0.332 e. The SMILES string of the molecule is Cc1nnc2sc(-c3ccc(NC(=S)NC(=O)c4cccc(Br)c4)cc3)nn12. The number of rotatable bonds is 3. The number of anilines is 1. The van der Waals surface area contributed by atoms with Crippen molar-refractivity contribution in [2.75, 3.05) is 5.32 Å². The normalized spacial score (nSPS) is 10.8. The number of aryl methyl sites for hydroxylation is 1. The van der Waals surface area contributed by atoms with E-state index < -0.39 is 0 Å². The van der Waals surface area contributed by atoms with Crippen LogP contribution in [0, 0.1) is 6.92 Å². The molecular weight excluding hydrogens is 460 g/mol. The number of carbonyl (C=O) groups excluding carboxylic acids is 1. The molecule has 0 radical (unpaired) electrons. The standard InChI is InChI=1S/C18H13BrN6OS2/c1-10-22-23-18-25(10)24-16(28-18)11-5-7-14(8-6-11)20-17(27)21-15(26)12-3-2-4-13(19)9-12/h2-9H,1H3,(H2,20,21,26,27). The van der Waals surface area contributed by atoms with Gasteiger partial charge in [-0.15, -0.1) is 10.2 Å². The molecule has 2 aromatic carbocycles. The summed E-state index contributed by atoms with van der Waals surface area (Å²) in [7, 11) is 0. The summed E-state index contributed by atoms with van der Waals surface area (Å²) in [6, 6.07) is 14.7. The molecule has 140 valence electrons. The van der Waals surface area contributed by atoms with Gasteiger partial charge in [0.15, 0.2) is 10.9 Å². The highest BCUT2D eigenvalue weighted by Gasteiger charge is 2.11. The molecule has 1 amide bonds. The Hall–Kier alpha value is -2.69. The van der Waals surface area contributed by atoms with E-state index in [1.165, 1.54) is 11.3 Å². The van der Waals surface area contributed by atoms with Crippen LogP contribution in [0.4, 0.5) is 5.69 Å². The molecule has 0 saturated heterocycles. The Morgan fingerprint density at radius 1 is 1.18 bits per heavy atom. The molecule has 4 rings (SSSR count). The van der Waals surface area contributed by atoms with Crippen LogP contribution < -0.4 is 10.6 Å². The number of nitrogens with one attached hydrogen (secondary N) is 2. The fourth-order valence-corrected chi connectivity index (χ4v) is 4.00. The zero-order chi connectivity index (χ0) is 19.7. The van der Waals surface area contributed by atoms with Crippen LogP contribution in [0.15, 0.2) is 53.0 Å². The van der Waals surface area contributed by atoms with Gasteiger partial charge in [0.25, 0.3) is 5.91 Å². The number of nitrogens with zero attached hydrogens (tertiary/aromatic N) is 4. The predicted molar refractivity (Wildman–Crippen MR) is 117 cm³/mol. The minimum atomic E-state index is -0.273. The van der Waals surface area contributed by atoms with E-state index in [-0.39, 0.29) is 11.0 Å². The minimum Gasteiger partial charge on any atom is -0.332 e. The second kappa shape index (κ2) is 7.74. The molecule has 2 aromatic heterocycles. The molecule has 0 fully saturated rings. The lowest BCUT2D eigenvalue weighted by atomic mass is 10.2. The van der Waals surface area contributed by atoms with Gasteiger partial charge in [-0.2, -0.15) is 9.61 Å². The first-order valence-electron chi connectivity index (χ1n) is 8.17. The van der Waals surface area contributed by atoms with Crippen LogP contribution in [-0.4, -0.2) is 30.8 Å². The van der Waals surface area contributed by atoms with Crippen molar-refractivity contribution in [2.24, 2.45) is 0 Å². The highest BCUT2D eigenvalue weighted by molar-refractivity contribution is 9.10. The minimum absolute atomic E-state index is 0.229. The van der Waals surface area contributed by atoms with Crippen molar-refractivity contribution in [3.63, 3.8) is 0 Å². The van der Waals surface area contributed by atoms with Gasteiger partial charge in [-0.3, -0.25) is 10.1 Å². The zero-order valence-corrected chi connectivity index (χ0v) is 17.7. The van der Waals surface area contributed by atoms with Gasteiger partial charge in [0.1, 0.15) is 5.01 Å². The first-order chi connectivity index (χ1) is 13.5. The Balaban J connectivity index is 1.42. The molecule has 4 aromatic rings. The fourth-order valence-electron chi connectivity index (χ4n) is 2.49. The molecule has 0 spiro atoms. The van der Waals surface area contributed by atoms with Crippen molar-refractivity contribution >= 4 is 61.2 Å². The number of hydrogen-bond donors (Lipinski definition) is 2. The third-order valence-corrected chi connectivity index (χ3v) is 5.50. The molecule has 0 aliphatic heterocycles. The summed E-state index contributed by atoms with van der Waals surface area (Å²) < 4.78 is 2.55. The third kappa shape index (κ3) is 3.93. The molecular formula is C18H13BrN6OS2. The molecule has 0 atom stereocenters. The summed E-state index contributed by atoms with van der Waals surface area (Å²) in [5, 5.41) is 19.3. The first kappa shape index (κ1) is 18.7. The van der Waals surface area contributed by atoms with Crippen LogP contribution in [0.2, 0.25) is 0 Å². The molecule has 0 aliphatic rings. The Labute approximate surface area is 177 Å². The van der Waals surface area contributed by atoms with Crippen LogP contribution in [0.5, 0.6) is 0 Å². The van der Waals surface area contributed by atoms with Gasteiger partial charge in [-0.25, -0.2) is 0 Å². The Bertz CT molecular complexity index is 1180. The highest BCUT2D eigenvalue weighted by atomic mass is 79.9. The molecule has 0 saturated carbocycles. The van der Waals surface area contributed by atoms with Gasteiger partial charge in [-0.05, 0) is 61.6 Å². The number of fused-ring (bicyclic) bond motifs is 1. The van der Waals surface area contributed by atoms with E-state index in [0.717, 1.165) is 31.5 Å². The van der Waals surface area contributed by atoms with E-state index in [2.05, 4.69) is 41.9 Å². The van der Waals surface area contributed by atoms with Gasteiger partial charge in [0.2, 0.25) is 4.96 Å². The van der Waals surface area contributed by atoms with Gasteiger partial charge in [-0.1, -0.05) is 33.3 Å².